The number of esters is 2. The Bertz CT molecular complexity index is 2420. The first-order valence-electron chi connectivity index (χ1n) is 15.6. The second-order valence-electron chi connectivity index (χ2n) is 11.2. The fourth-order valence-corrected chi connectivity index (χ4v) is 5.74. The topological polar surface area (TPSA) is 168 Å². The van der Waals surface area contributed by atoms with E-state index < -0.39 is 11.9 Å². The Morgan fingerprint density at radius 2 is 0.981 bits per heavy atom. The molecule has 0 spiro atoms. The van der Waals surface area contributed by atoms with Crippen LogP contribution in [0.5, 0.6) is 23.0 Å². The van der Waals surface area contributed by atoms with Gasteiger partial charge in [-0.3, -0.25) is 4.68 Å². The molecule has 5 heterocycles. The van der Waals surface area contributed by atoms with Gasteiger partial charge in [0.25, 0.3) is 0 Å². The SMILES string of the molecule is COC(=O)c1c(OC)cc(-c2cnn3cc(-c4cnn(C)c4)cnc23)cc1OC.COC(=O)c1c(OC)cc(-c2cnn3cc(Cl)cnc23)cc1OC. The predicted octanol–water partition coefficient (Wildman–Crippen LogP) is 5.45. The van der Waals surface area contributed by atoms with Crippen LogP contribution in [0.3, 0.4) is 0 Å². The molecule has 2 aromatic carbocycles. The van der Waals surface area contributed by atoms with E-state index in [2.05, 4.69) is 25.3 Å². The monoisotopic (exact) mass is 740 g/mol. The Morgan fingerprint density at radius 3 is 1.40 bits per heavy atom. The Labute approximate surface area is 307 Å². The Hall–Kier alpha value is -6.68. The summed E-state index contributed by atoms with van der Waals surface area (Å²) in [6, 6.07) is 6.90. The number of aryl methyl sites for hydroxylation is 1. The Kier molecular flexibility index (Phi) is 10.4. The summed E-state index contributed by atoms with van der Waals surface area (Å²) in [7, 11) is 10.4. The molecule has 0 aliphatic rings. The van der Waals surface area contributed by atoms with Crippen molar-refractivity contribution >= 4 is 34.8 Å². The van der Waals surface area contributed by atoms with E-state index >= 15 is 0 Å². The highest BCUT2D eigenvalue weighted by Gasteiger charge is 2.24. The molecule has 0 fully saturated rings. The zero-order valence-corrected chi connectivity index (χ0v) is 30.4. The predicted molar refractivity (Wildman–Crippen MR) is 193 cm³/mol. The fraction of sp³-hybridized carbons (Fsp3) is 0.194. The molecule has 0 bridgehead atoms. The molecule has 7 aromatic rings. The summed E-state index contributed by atoms with van der Waals surface area (Å²) in [5.41, 5.74) is 6.59. The lowest BCUT2D eigenvalue weighted by Gasteiger charge is -2.13. The summed E-state index contributed by atoms with van der Waals surface area (Å²) >= 11 is 5.93. The van der Waals surface area contributed by atoms with E-state index in [0.717, 1.165) is 33.4 Å². The normalized spacial score (nSPS) is 10.8. The van der Waals surface area contributed by atoms with Crippen LogP contribution >= 0.6 is 11.6 Å². The van der Waals surface area contributed by atoms with Gasteiger partial charge in [0.1, 0.15) is 34.1 Å². The minimum atomic E-state index is -0.542. The Balaban J connectivity index is 0.000000185. The van der Waals surface area contributed by atoms with E-state index in [9.17, 15) is 9.59 Å². The average Bonchev–Trinajstić information content (AvgIpc) is 3.94. The van der Waals surface area contributed by atoms with Gasteiger partial charge in [-0.15, -0.1) is 0 Å². The highest BCUT2D eigenvalue weighted by atomic mass is 35.5. The second-order valence-corrected chi connectivity index (χ2v) is 11.6. The molecule has 0 saturated heterocycles. The molecule has 5 aromatic heterocycles. The van der Waals surface area contributed by atoms with Crippen molar-refractivity contribution in [1.82, 2.24) is 39.0 Å². The molecule has 0 aliphatic heterocycles. The first-order valence-corrected chi connectivity index (χ1v) is 16.0. The second kappa shape index (κ2) is 15.3. The zero-order chi connectivity index (χ0) is 37.8. The molecule has 0 atom stereocenters. The van der Waals surface area contributed by atoms with Crippen LogP contribution in [0.25, 0.3) is 44.7 Å². The molecule has 0 radical (unpaired) electrons. The maximum absolute atomic E-state index is 12.1. The lowest BCUT2D eigenvalue weighted by molar-refractivity contribution is 0.0583. The van der Waals surface area contributed by atoms with E-state index in [1.54, 1.807) is 75.2 Å². The number of hydrogen-bond donors (Lipinski definition) is 0. The van der Waals surface area contributed by atoms with Crippen LogP contribution in [0.4, 0.5) is 0 Å². The van der Waals surface area contributed by atoms with Gasteiger partial charge in [-0.2, -0.15) is 15.3 Å². The number of ether oxygens (including phenoxy) is 6. The van der Waals surface area contributed by atoms with Gasteiger partial charge >= 0.3 is 11.9 Å². The third-order valence-electron chi connectivity index (χ3n) is 8.13. The number of hydrogen-bond acceptors (Lipinski definition) is 13. The number of nitrogens with zero attached hydrogens (tertiary/aromatic N) is 8. The largest absolute Gasteiger partial charge is 0.496 e. The molecule has 272 valence electrons. The molecule has 0 saturated carbocycles. The van der Waals surface area contributed by atoms with Gasteiger partial charge in [-0.25, -0.2) is 28.6 Å². The van der Waals surface area contributed by atoms with Crippen LogP contribution in [-0.4, -0.2) is 93.6 Å². The summed E-state index contributed by atoms with van der Waals surface area (Å²) in [5, 5.41) is 13.3. The summed E-state index contributed by atoms with van der Waals surface area (Å²) in [6.07, 6.45) is 13.9. The van der Waals surface area contributed by atoms with Gasteiger partial charge in [-0.1, -0.05) is 11.6 Å². The molecule has 53 heavy (non-hydrogen) atoms. The van der Waals surface area contributed by atoms with Gasteiger partial charge in [0.2, 0.25) is 0 Å². The van der Waals surface area contributed by atoms with Crippen molar-refractivity contribution in [2.45, 2.75) is 0 Å². The van der Waals surface area contributed by atoms with Crippen LogP contribution in [-0.2, 0) is 16.5 Å². The highest BCUT2D eigenvalue weighted by molar-refractivity contribution is 6.30. The van der Waals surface area contributed by atoms with Crippen LogP contribution in [0.1, 0.15) is 20.7 Å². The van der Waals surface area contributed by atoms with Crippen LogP contribution in [0.2, 0.25) is 5.02 Å². The van der Waals surface area contributed by atoms with Crippen molar-refractivity contribution in [2.24, 2.45) is 7.05 Å². The number of rotatable bonds is 9. The molecule has 17 heteroatoms. The number of methoxy groups -OCH3 is 6. The average molecular weight is 741 g/mol. The van der Waals surface area contributed by atoms with E-state index in [-0.39, 0.29) is 11.1 Å². The van der Waals surface area contributed by atoms with E-state index in [4.69, 9.17) is 40.0 Å². The molecule has 0 unspecified atom stereocenters. The Morgan fingerprint density at radius 1 is 0.547 bits per heavy atom. The summed E-state index contributed by atoms with van der Waals surface area (Å²) in [6.45, 7) is 0. The summed E-state index contributed by atoms with van der Waals surface area (Å²) in [4.78, 5) is 33.0. The van der Waals surface area contributed by atoms with Crippen molar-refractivity contribution in [1.29, 1.82) is 0 Å². The molecule has 7 rings (SSSR count). The van der Waals surface area contributed by atoms with E-state index in [1.165, 1.54) is 42.7 Å². The van der Waals surface area contributed by atoms with Crippen molar-refractivity contribution in [3.05, 3.63) is 90.0 Å². The highest BCUT2D eigenvalue weighted by Crippen LogP contribution is 2.38. The van der Waals surface area contributed by atoms with E-state index in [0.29, 0.717) is 39.3 Å². The van der Waals surface area contributed by atoms with Gasteiger partial charge in [0.05, 0.1) is 72.5 Å². The first kappa shape index (κ1) is 36.1. The van der Waals surface area contributed by atoms with Gasteiger partial charge in [-0.05, 0) is 35.4 Å². The molecular weight excluding hydrogens is 708 g/mol. The van der Waals surface area contributed by atoms with Gasteiger partial charge in [0.15, 0.2) is 11.3 Å². The van der Waals surface area contributed by atoms with Crippen molar-refractivity contribution in [3.8, 4) is 56.4 Å². The number of aromatic nitrogens is 8. The van der Waals surface area contributed by atoms with Crippen molar-refractivity contribution in [2.75, 3.05) is 42.7 Å². The maximum Gasteiger partial charge on any atom is 0.345 e. The van der Waals surface area contributed by atoms with Crippen molar-refractivity contribution in [3.63, 3.8) is 0 Å². The minimum absolute atomic E-state index is 0.221. The molecule has 16 nitrogen and oxygen atoms in total. The van der Waals surface area contributed by atoms with Crippen LogP contribution < -0.4 is 18.9 Å². The number of halogens is 1. The number of carbonyl (C=O) groups excluding carboxylic acids is 2. The van der Waals surface area contributed by atoms with Gasteiger partial charge in [0, 0.05) is 54.1 Å². The summed E-state index contributed by atoms with van der Waals surface area (Å²) in [5.74, 6) is 0.286. The van der Waals surface area contributed by atoms with Gasteiger partial charge < -0.3 is 28.4 Å². The lowest BCUT2D eigenvalue weighted by Crippen LogP contribution is -2.07. The van der Waals surface area contributed by atoms with Crippen molar-refractivity contribution < 1.29 is 38.0 Å². The van der Waals surface area contributed by atoms with E-state index in [1.807, 2.05) is 19.4 Å². The number of carbonyl (C=O) groups is 2. The first-order chi connectivity index (χ1) is 25.6. The van der Waals surface area contributed by atoms with Crippen LogP contribution in [0.15, 0.2) is 73.8 Å². The lowest BCUT2D eigenvalue weighted by atomic mass is 10.0. The molecule has 0 aliphatic carbocycles. The standard InChI is InChI=1S/C20H19N5O4.C16H14ClN3O4/c1-24-10-14(8-22-24)13-7-21-19-15(9-23-25(19)11-13)12-5-16(27-2)18(20(26)29-4)17(6-12)28-3;1-22-12-4-9(5-13(23-2)14(12)16(21)24-3)11-7-19-20-8-10(17)6-18-15(11)20/h5-11H,1-4H3;4-8H,1-3H3. The minimum Gasteiger partial charge on any atom is -0.496 e. The fourth-order valence-electron chi connectivity index (χ4n) is 5.59. The zero-order valence-electron chi connectivity index (χ0n) is 29.6. The molecule has 0 N–H and O–H groups in total. The smallest absolute Gasteiger partial charge is 0.345 e. The third-order valence-corrected chi connectivity index (χ3v) is 8.33. The molecule has 0 amide bonds. The summed E-state index contributed by atoms with van der Waals surface area (Å²) < 4.78 is 36.1. The van der Waals surface area contributed by atoms with Crippen LogP contribution in [0, 0.1) is 0 Å². The molecular formula is C36H33ClN8O8. The maximum atomic E-state index is 12.1. The number of benzene rings is 2. The third kappa shape index (κ3) is 6.99. The quantitative estimate of drug-likeness (QED) is 0.172. The number of fused-ring (bicyclic) bond motifs is 2.